The number of rotatable bonds is 10. The first-order chi connectivity index (χ1) is 15.5. The van der Waals surface area contributed by atoms with Crippen LogP contribution in [0.15, 0.2) is 48.5 Å². The lowest BCUT2D eigenvalue weighted by atomic mass is 9.68. The topological polar surface area (TPSA) is 89.9 Å². The first-order valence-corrected chi connectivity index (χ1v) is 11.2. The lowest BCUT2D eigenvalue weighted by molar-refractivity contribution is -0.151. The molecule has 0 radical (unpaired) electrons. The molecule has 6 heteroatoms. The van der Waals surface area contributed by atoms with Crippen LogP contribution in [-0.4, -0.2) is 29.6 Å². The molecule has 0 aliphatic carbocycles. The first kappa shape index (κ1) is 26.1. The normalized spacial score (nSPS) is 12.5. The number of carbonyl (C=O) groups excluding carboxylic acids is 2. The van der Waals surface area contributed by atoms with Gasteiger partial charge in [0, 0.05) is 5.41 Å². The van der Waals surface area contributed by atoms with Gasteiger partial charge in [-0.2, -0.15) is 0 Å². The van der Waals surface area contributed by atoms with Crippen molar-refractivity contribution in [1.82, 2.24) is 0 Å². The van der Waals surface area contributed by atoms with Gasteiger partial charge in [-0.1, -0.05) is 84.0 Å². The maximum atomic E-state index is 12.9. The summed E-state index contributed by atoms with van der Waals surface area (Å²) in [6.45, 7) is 11.6. The number of carbonyl (C=O) groups is 3. The Bertz CT molecular complexity index is 975. The van der Waals surface area contributed by atoms with Crippen molar-refractivity contribution in [3.63, 3.8) is 0 Å². The average molecular weight is 455 g/mol. The maximum Gasteiger partial charge on any atom is 0.339 e. The van der Waals surface area contributed by atoms with Gasteiger partial charge in [0.05, 0.1) is 23.7 Å². The Morgan fingerprint density at radius 1 is 0.909 bits per heavy atom. The van der Waals surface area contributed by atoms with Gasteiger partial charge in [0.1, 0.15) is 6.61 Å². The second kappa shape index (κ2) is 11.1. The molecule has 0 saturated carbocycles. The van der Waals surface area contributed by atoms with Gasteiger partial charge in [0.2, 0.25) is 0 Å². The van der Waals surface area contributed by atoms with Crippen molar-refractivity contribution < 1.29 is 29.0 Å². The predicted octanol–water partition coefficient (Wildman–Crippen LogP) is 5.71. The number of carboxylic acid groups (broad SMARTS) is 1. The number of benzene rings is 2. The van der Waals surface area contributed by atoms with E-state index in [9.17, 15) is 19.5 Å². The molecule has 0 aliphatic heterocycles. The molecule has 1 unspecified atom stereocenters. The molecule has 33 heavy (non-hydrogen) atoms. The van der Waals surface area contributed by atoms with Gasteiger partial charge in [0.15, 0.2) is 0 Å². The molecule has 178 valence electrons. The first-order valence-electron chi connectivity index (χ1n) is 11.2. The summed E-state index contributed by atoms with van der Waals surface area (Å²) >= 11 is 0. The van der Waals surface area contributed by atoms with Gasteiger partial charge in [-0.3, -0.25) is 4.79 Å². The Morgan fingerprint density at radius 3 is 2.09 bits per heavy atom. The molecule has 0 amide bonds. The molecule has 0 spiro atoms. The molecule has 0 saturated heterocycles. The molecule has 0 bridgehead atoms. The van der Waals surface area contributed by atoms with E-state index in [1.54, 1.807) is 26.0 Å². The van der Waals surface area contributed by atoms with E-state index >= 15 is 0 Å². The third-order valence-corrected chi connectivity index (χ3v) is 5.64. The summed E-state index contributed by atoms with van der Waals surface area (Å²) in [5.41, 5.74) is 0.702. The zero-order valence-electron chi connectivity index (χ0n) is 20.3. The van der Waals surface area contributed by atoms with Crippen LogP contribution >= 0.6 is 0 Å². The highest BCUT2D eigenvalue weighted by Gasteiger charge is 2.38. The molecule has 1 atom stereocenters. The van der Waals surface area contributed by atoms with Crippen LogP contribution in [0.3, 0.4) is 0 Å². The van der Waals surface area contributed by atoms with Gasteiger partial charge in [0.25, 0.3) is 0 Å². The SMILES string of the molecule is CC(C)C(=O)OCC(C)(C)C(c1cccc(C(=O)OCc2ccccc2)c1C(=O)O)C(C)C. The summed E-state index contributed by atoms with van der Waals surface area (Å²) in [5.74, 6) is -2.71. The van der Waals surface area contributed by atoms with E-state index in [2.05, 4.69) is 0 Å². The second-order valence-electron chi connectivity index (χ2n) is 9.61. The summed E-state index contributed by atoms with van der Waals surface area (Å²) in [4.78, 5) is 37.3. The molecule has 0 heterocycles. The monoisotopic (exact) mass is 454 g/mol. The highest BCUT2D eigenvalue weighted by Crippen LogP contribution is 2.43. The lowest BCUT2D eigenvalue weighted by Crippen LogP contribution is -2.34. The molecule has 1 N–H and O–H groups in total. The molecular weight excluding hydrogens is 420 g/mol. The summed E-state index contributed by atoms with van der Waals surface area (Å²) in [7, 11) is 0. The Kier molecular flexibility index (Phi) is 8.80. The minimum absolute atomic E-state index is 0.0107. The lowest BCUT2D eigenvalue weighted by Gasteiger charge is -2.38. The summed E-state index contributed by atoms with van der Waals surface area (Å²) in [6, 6.07) is 14.1. The van der Waals surface area contributed by atoms with Crippen molar-refractivity contribution in [3.8, 4) is 0 Å². The zero-order valence-corrected chi connectivity index (χ0v) is 20.3. The number of carboxylic acids is 1. The highest BCUT2D eigenvalue weighted by molar-refractivity contribution is 6.03. The quantitative estimate of drug-likeness (QED) is 0.463. The van der Waals surface area contributed by atoms with Crippen molar-refractivity contribution in [2.45, 2.75) is 54.1 Å². The molecular formula is C27H34O6. The van der Waals surface area contributed by atoms with Crippen molar-refractivity contribution in [3.05, 3.63) is 70.8 Å². The van der Waals surface area contributed by atoms with Gasteiger partial charge in [-0.15, -0.1) is 0 Å². The highest BCUT2D eigenvalue weighted by atomic mass is 16.5. The molecule has 2 aromatic rings. The number of aromatic carboxylic acids is 1. The van der Waals surface area contributed by atoms with Gasteiger partial charge in [-0.05, 0) is 29.0 Å². The van der Waals surface area contributed by atoms with E-state index in [1.807, 2.05) is 58.0 Å². The maximum absolute atomic E-state index is 12.9. The van der Waals surface area contributed by atoms with Gasteiger partial charge < -0.3 is 14.6 Å². The van der Waals surface area contributed by atoms with Gasteiger partial charge >= 0.3 is 17.9 Å². The Balaban J connectivity index is 2.41. The standard InChI is InChI=1S/C27H34O6/c1-17(2)23(27(5,6)16-33-25(30)18(3)4)20-13-10-14-21(22(20)24(28)29)26(31)32-15-19-11-8-7-9-12-19/h7-14,17-18,23H,15-16H2,1-6H3,(H,28,29). The fourth-order valence-corrected chi connectivity index (χ4v) is 4.24. The minimum Gasteiger partial charge on any atom is -0.478 e. The van der Waals surface area contributed by atoms with Crippen LogP contribution in [0.4, 0.5) is 0 Å². The van der Waals surface area contributed by atoms with E-state index in [-0.39, 0.29) is 48.1 Å². The van der Waals surface area contributed by atoms with Crippen LogP contribution in [0, 0.1) is 17.3 Å². The van der Waals surface area contributed by atoms with Gasteiger partial charge in [-0.25, -0.2) is 9.59 Å². The second-order valence-corrected chi connectivity index (χ2v) is 9.61. The fourth-order valence-electron chi connectivity index (χ4n) is 4.24. The van der Waals surface area contributed by atoms with Crippen molar-refractivity contribution >= 4 is 17.9 Å². The zero-order chi connectivity index (χ0) is 24.8. The Hall–Kier alpha value is -3.15. The van der Waals surface area contributed by atoms with Crippen LogP contribution in [0.25, 0.3) is 0 Å². The summed E-state index contributed by atoms with van der Waals surface area (Å²) in [5, 5.41) is 10.1. The van der Waals surface area contributed by atoms with Crippen molar-refractivity contribution in [2.24, 2.45) is 17.3 Å². The fraction of sp³-hybridized carbons (Fsp3) is 0.444. The van der Waals surface area contributed by atoms with Crippen LogP contribution in [0.1, 0.15) is 79.3 Å². The van der Waals surface area contributed by atoms with E-state index < -0.39 is 17.4 Å². The molecule has 2 aromatic carbocycles. The summed E-state index contributed by atoms with van der Waals surface area (Å²) in [6.07, 6.45) is 0. The third kappa shape index (κ3) is 6.67. The Morgan fingerprint density at radius 2 is 1.55 bits per heavy atom. The molecule has 0 aromatic heterocycles. The molecule has 2 rings (SSSR count). The minimum atomic E-state index is -1.20. The number of ether oxygens (including phenoxy) is 2. The van der Waals surface area contributed by atoms with E-state index in [4.69, 9.17) is 9.47 Å². The van der Waals surface area contributed by atoms with Crippen LogP contribution in [0.2, 0.25) is 0 Å². The smallest absolute Gasteiger partial charge is 0.339 e. The predicted molar refractivity (Wildman–Crippen MR) is 126 cm³/mol. The van der Waals surface area contributed by atoms with Crippen LogP contribution in [-0.2, 0) is 20.9 Å². The molecule has 0 aliphatic rings. The van der Waals surface area contributed by atoms with Crippen LogP contribution in [0.5, 0.6) is 0 Å². The largest absolute Gasteiger partial charge is 0.478 e. The van der Waals surface area contributed by atoms with E-state index in [0.717, 1.165) is 5.56 Å². The van der Waals surface area contributed by atoms with Crippen molar-refractivity contribution in [1.29, 1.82) is 0 Å². The summed E-state index contributed by atoms with van der Waals surface area (Å²) < 4.78 is 10.9. The average Bonchev–Trinajstić information content (AvgIpc) is 2.75. The van der Waals surface area contributed by atoms with E-state index in [1.165, 1.54) is 6.07 Å². The number of hydrogen-bond acceptors (Lipinski definition) is 5. The molecule has 6 nitrogen and oxygen atoms in total. The Labute approximate surface area is 195 Å². The third-order valence-electron chi connectivity index (χ3n) is 5.64. The van der Waals surface area contributed by atoms with Crippen LogP contribution < -0.4 is 0 Å². The number of esters is 2. The van der Waals surface area contributed by atoms with E-state index in [0.29, 0.717) is 5.56 Å². The number of hydrogen-bond donors (Lipinski definition) is 1. The van der Waals surface area contributed by atoms with Crippen molar-refractivity contribution in [2.75, 3.05) is 6.61 Å². The molecule has 0 fully saturated rings.